The summed E-state index contributed by atoms with van der Waals surface area (Å²) in [5.74, 6) is -2.60. The molecular weight excluding hydrogens is 592 g/mol. The van der Waals surface area contributed by atoms with Crippen LogP contribution in [0.1, 0.15) is 18.2 Å². The third-order valence-corrected chi connectivity index (χ3v) is 7.30. The largest absolute Gasteiger partial charge is 0.464 e. The average molecular weight is 613 g/mol. The van der Waals surface area contributed by atoms with Crippen molar-refractivity contribution < 1.29 is 31.9 Å². The number of ether oxygens (including phenoxy) is 1. The molecule has 9 nitrogen and oxygen atoms in total. The van der Waals surface area contributed by atoms with Gasteiger partial charge in [-0.15, -0.1) is 0 Å². The lowest BCUT2D eigenvalue weighted by atomic mass is 10.0. The first-order valence-corrected chi connectivity index (χ1v) is 13.3. The van der Waals surface area contributed by atoms with E-state index in [9.17, 15) is 32.3 Å². The third kappa shape index (κ3) is 6.22. The lowest BCUT2D eigenvalue weighted by Crippen LogP contribution is -2.46. The Morgan fingerprint density at radius 1 is 1.20 bits per heavy atom. The van der Waals surface area contributed by atoms with Gasteiger partial charge in [0.15, 0.2) is 5.17 Å². The highest BCUT2D eigenvalue weighted by Gasteiger charge is 2.41. The number of halogens is 5. The Bertz CT molecular complexity index is 1660. The van der Waals surface area contributed by atoms with Crippen molar-refractivity contribution >= 4 is 46.1 Å². The van der Waals surface area contributed by atoms with Crippen LogP contribution in [0.2, 0.25) is 5.02 Å². The van der Waals surface area contributed by atoms with E-state index in [0.29, 0.717) is 11.6 Å². The molecule has 41 heavy (non-hydrogen) atoms. The maximum atomic E-state index is 15.0. The van der Waals surface area contributed by atoms with E-state index in [1.807, 2.05) is 0 Å². The van der Waals surface area contributed by atoms with E-state index in [2.05, 4.69) is 4.99 Å². The number of aromatic nitrogens is 2. The fraction of sp³-hybridized carbons (Fsp3) is 0.269. The van der Waals surface area contributed by atoms with Gasteiger partial charge in [0.2, 0.25) is 5.91 Å². The number of benzene rings is 2. The van der Waals surface area contributed by atoms with Crippen LogP contribution in [0.3, 0.4) is 0 Å². The Hall–Kier alpha value is -3.91. The number of carbonyl (C=O) groups is 2. The summed E-state index contributed by atoms with van der Waals surface area (Å²) >= 11 is 7.11. The first-order valence-electron chi connectivity index (χ1n) is 12.0. The van der Waals surface area contributed by atoms with Crippen LogP contribution in [0, 0.1) is 5.82 Å². The van der Waals surface area contributed by atoms with E-state index < -0.39 is 58.0 Å². The molecule has 216 valence electrons. The molecule has 2 heterocycles. The van der Waals surface area contributed by atoms with E-state index >= 15 is 4.39 Å². The molecule has 2 aromatic carbocycles. The minimum Gasteiger partial charge on any atom is -0.464 e. The Balaban J connectivity index is 1.86. The number of amides is 1. The van der Waals surface area contributed by atoms with Gasteiger partial charge >= 0.3 is 17.8 Å². The van der Waals surface area contributed by atoms with E-state index in [-0.39, 0.29) is 39.2 Å². The van der Waals surface area contributed by atoms with Crippen LogP contribution in [0.5, 0.6) is 0 Å². The normalized spacial score (nSPS) is 15.4. The molecule has 1 N–H and O–H groups in total. The highest BCUT2D eigenvalue weighted by Crippen LogP contribution is 2.39. The Morgan fingerprint density at radius 3 is 2.51 bits per heavy atom. The third-order valence-electron chi connectivity index (χ3n) is 6.06. The molecule has 3 aromatic rings. The first kappa shape index (κ1) is 30.1. The number of thioether (sulfide) groups is 1. The zero-order valence-electron chi connectivity index (χ0n) is 21.4. The maximum Gasteiger partial charge on any atom is 0.432 e. The molecule has 1 aliphatic heterocycles. The smallest absolute Gasteiger partial charge is 0.432 e. The van der Waals surface area contributed by atoms with Gasteiger partial charge in [-0.1, -0.05) is 53.7 Å². The highest BCUT2D eigenvalue weighted by molar-refractivity contribution is 8.15. The number of nitrogens with one attached hydrogen (secondary N) is 1. The van der Waals surface area contributed by atoms with Crippen molar-refractivity contribution in [3.8, 4) is 11.1 Å². The van der Waals surface area contributed by atoms with Crippen molar-refractivity contribution in [1.29, 1.82) is 0 Å². The summed E-state index contributed by atoms with van der Waals surface area (Å²) in [5.41, 5.74) is -6.05. The number of hydrogen-bond donors (Lipinski definition) is 1. The number of amidine groups is 1. The SMILES string of the molecule is CCOC(=O)C(Cc1ccccc1)N1C(=O)CSC1=Nc1cc(-c2c(C(F)(F)F)n(C)c(=O)[nH]c2=O)c(F)cc1Cl. The molecule has 1 aliphatic rings. The number of alkyl halides is 3. The van der Waals surface area contributed by atoms with Gasteiger partial charge in [-0.3, -0.25) is 24.0 Å². The van der Waals surface area contributed by atoms with Gasteiger partial charge in [-0.05, 0) is 24.6 Å². The number of aromatic amines is 1. The monoisotopic (exact) mass is 612 g/mol. The van der Waals surface area contributed by atoms with Crippen LogP contribution in [0.4, 0.5) is 23.2 Å². The van der Waals surface area contributed by atoms with E-state index in [0.717, 1.165) is 29.8 Å². The molecular formula is C26H21ClF4N4O5S. The zero-order valence-corrected chi connectivity index (χ0v) is 23.0. The highest BCUT2D eigenvalue weighted by atomic mass is 35.5. The first-order chi connectivity index (χ1) is 19.3. The second kappa shape index (κ2) is 11.9. The van der Waals surface area contributed by atoms with Gasteiger partial charge in [0.25, 0.3) is 5.56 Å². The topological polar surface area (TPSA) is 114 Å². The number of esters is 1. The Kier molecular flexibility index (Phi) is 8.73. The summed E-state index contributed by atoms with van der Waals surface area (Å²) in [6.45, 7) is 1.64. The van der Waals surface area contributed by atoms with Crippen molar-refractivity contribution in [2.75, 3.05) is 12.4 Å². The van der Waals surface area contributed by atoms with Crippen LogP contribution in [0.15, 0.2) is 57.0 Å². The number of nitrogens with zero attached hydrogens (tertiary/aromatic N) is 3. The lowest BCUT2D eigenvalue weighted by Gasteiger charge is -2.26. The van der Waals surface area contributed by atoms with Crippen LogP contribution in [-0.2, 0) is 34.0 Å². The number of H-pyrrole nitrogens is 1. The quantitative estimate of drug-likeness (QED) is 0.315. The zero-order chi connectivity index (χ0) is 30.1. The number of aliphatic imine (C=N–C) groups is 1. The van der Waals surface area contributed by atoms with Gasteiger partial charge in [0.05, 0.1) is 28.6 Å². The maximum absolute atomic E-state index is 15.0. The molecule has 1 unspecified atom stereocenters. The molecule has 1 amide bonds. The van der Waals surface area contributed by atoms with Crippen LogP contribution >= 0.6 is 23.4 Å². The standard InChI is InChI=1S/C26H21ClF4N4O5S/c1-3-40-23(38)18(9-13-7-5-4-6-8-13)35-19(36)12-41-25(35)32-17-10-14(16(28)11-15(17)27)20-21(26(29,30)31)34(2)24(39)33-22(20)37/h4-8,10-11,18H,3,9,12H2,1-2H3,(H,33,37,39). The number of rotatable bonds is 7. The second-order valence-corrected chi connectivity index (χ2v) is 10.1. The molecule has 1 aromatic heterocycles. The molecule has 1 saturated heterocycles. The Labute approximate surface area is 238 Å². The predicted molar refractivity (Wildman–Crippen MR) is 145 cm³/mol. The van der Waals surface area contributed by atoms with Crippen molar-refractivity contribution in [2.45, 2.75) is 25.6 Å². The van der Waals surface area contributed by atoms with Crippen LogP contribution in [0.25, 0.3) is 11.1 Å². The van der Waals surface area contributed by atoms with Crippen LogP contribution < -0.4 is 11.2 Å². The van der Waals surface area contributed by atoms with Gasteiger partial charge in [0.1, 0.15) is 17.6 Å². The van der Waals surface area contributed by atoms with Crippen molar-refractivity contribution in [3.63, 3.8) is 0 Å². The lowest BCUT2D eigenvalue weighted by molar-refractivity contribution is -0.151. The number of hydrogen-bond acceptors (Lipinski definition) is 7. The van der Waals surface area contributed by atoms with Crippen molar-refractivity contribution in [1.82, 2.24) is 14.5 Å². The van der Waals surface area contributed by atoms with Crippen molar-refractivity contribution in [2.24, 2.45) is 12.0 Å². The molecule has 0 aliphatic carbocycles. The van der Waals surface area contributed by atoms with Gasteiger partial charge in [-0.2, -0.15) is 13.2 Å². The van der Waals surface area contributed by atoms with Crippen LogP contribution in [-0.4, -0.2) is 49.9 Å². The fourth-order valence-electron chi connectivity index (χ4n) is 4.24. The molecule has 0 radical (unpaired) electrons. The summed E-state index contributed by atoms with van der Waals surface area (Å²) in [6, 6.07) is 9.13. The minimum absolute atomic E-state index is 0.0335. The summed E-state index contributed by atoms with van der Waals surface area (Å²) < 4.78 is 62.1. The van der Waals surface area contributed by atoms with Gasteiger partial charge < -0.3 is 4.74 Å². The summed E-state index contributed by atoms with van der Waals surface area (Å²) in [4.78, 5) is 57.4. The minimum atomic E-state index is -5.20. The molecule has 0 bridgehead atoms. The number of carbonyl (C=O) groups excluding carboxylic acids is 2. The summed E-state index contributed by atoms with van der Waals surface area (Å²) in [6.07, 6.45) is -5.14. The molecule has 1 atom stereocenters. The van der Waals surface area contributed by atoms with E-state index in [1.165, 1.54) is 0 Å². The second-order valence-electron chi connectivity index (χ2n) is 8.73. The van der Waals surface area contributed by atoms with E-state index in [4.69, 9.17) is 16.3 Å². The fourth-order valence-corrected chi connectivity index (χ4v) is 5.36. The Morgan fingerprint density at radius 2 is 1.88 bits per heavy atom. The summed E-state index contributed by atoms with van der Waals surface area (Å²) in [5, 5.41) is -0.377. The average Bonchev–Trinajstić information content (AvgIpc) is 3.25. The van der Waals surface area contributed by atoms with Gasteiger partial charge in [-0.25, -0.2) is 19.0 Å². The molecule has 0 spiro atoms. The van der Waals surface area contributed by atoms with Crippen molar-refractivity contribution in [3.05, 3.63) is 85.4 Å². The molecule has 15 heteroatoms. The molecule has 0 saturated carbocycles. The van der Waals surface area contributed by atoms with E-state index in [1.54, 1.807) is 42.2 Å². The predicted octanol–water partition coefficient (Wildman–Crippen LogP) is 4.29. The van der Waals surface area contributed by atoms with Gasteiger partial charge in [0, 0.05) is 19.0 Å². The molecule has 4 rings (SSSR count). The summed E-state index contributed by atoms with van der Waals surface area (Å²) in [7, 11) is 0.778. The molecule has 1 fully saturated rings.